The quantitative estimate of drug-likeness (QED) is 0.570. The average molecular weight is 434 g/mol. The van der Waals surface area contributed by atoms with Gasteiger partial charge in [0.25, 0.3) is 5.91 Å². The van der Waals surface area contributed by atoms with Gasteiger partial charge in [-0.25, -0.2) is 8.78 Å². The van der Waals surface area contributed by atoms with Crippen LogP contribution < -0.4 is 5.32 Å². The van der Waals surface area contributed by atoms with Crippen LogP contribution in [0.3, 0.4) is 0 Å². The first-order chi connectivity index (χ1) is 14.1. The zero-order valence-corrected chi connectivity index (χ0v) is 15.9. The highest BCUT2D eigenvalue weighted by Gasteiger charge is 2.66. The van der Waals surface area contributed by atoms with Crippen LogP contribution in [0.1, 0.15) is 38.2 Å². The van der Waals surface area contributed by atoms with Gasteiger partial charge in [0.2, 0.25) is 0 Å². The SMILES string of the molecule is CCOC(=O)[C@@H]1CC[C@H](NC(=O)[C@@]2(C(F)(F)F)CC(c3cc(F)cc(F)c3)=NO2)C1. The monoisotopic (exact) mass is 434 g/mol. The molecule has 1 aliphatic carbocycles. The van der Waals surface area contributed by atoms with Gasteiger partial charge in [-0.05, 0) is 38.3 Å². The molecule has 0 unspecified atom stereocenters. The van der Waals surface area contributed by atoms with Crippen molar-refractivity contribution in [3.63, 3.8) is 0 Å². The third-order valence-electron chi connectivity index (χ3n) is 5.14. The summed E-state index contributed by atoms with van der Waals surface area (Å²) in [5.74, 6) is -4.45. The number of hydrogen-bond acceptors (Lipinski definition) is 5. The first kappa shape index (κ1) is 22.0. The Balaban J connectivity index is 1.74. The van der Waals surface area contributed by atoms with E-state index in [4.69, 9.17) is 4.74 Å². The van der Waals surface area contributed by atoms with Crippen LogP contribution in [-0.4, -0.2) is 42.0 Å². The Morgan fingerprint density at radius 2 is 1.90 bits per heavy atom. The molecule has 2 aliphatic rings. The summed E-state index contributed by atoms with van der Waals surface area (Å²) in [5, 5.41) is 5.58. The van der Waals surface area contributed by atoms with E-state index in [9.17, 15) is 31.5 Å². The summed E-state index contributed by atoms with van der Waals surface area (Å²) in [6, 6.07) is 1.49. The summed E-state index contributed by atoms with van der Waals surface area (Å²) < 4.78 is 73.2. The Bertz CT molecular complexity index is 853. The van der Waals surface area contributed by atoms with Crippen molar-refractivity contribution in [2.24, 2.45) is 11.1 Å². The molecule has 0 spiro atoms. The fraction of sp³-hybridized carbons (Fsp3) is 0.526. The molecule has 0 saturated heterocycles. The molecule has 1 fully saturated rings. The van der Waals surface area contributed by atoms with Crippen LogP contribution in [0.25, 0.3) is 0 Å². The number of halogens is 5. The lowest BCUT2D eigenvalue weighted by Gasteiger charge is -2.29. The van der Waals surface area contributed by atoms with Crippen LogP contribution in [0.15, 0.2) is 23.4 Å². The summed E-state index contributed by atoms with van der Waals surface area (Å²) in [4.78, 5) is 28.9. The molecule has 1 aromatic rings. The lowest BCUT2D eigenvalue weighted by Crippen LogP contribution is -2.58. The number of esters is 1. The predicted octanol–water partition coefficient (Wildman–Crippen LogP) is 3.24. The number of rotatable bonds is 5. The van der Waals surface area contributed by atoms with Crippen molar-refractivity contribution in [2.45, 2.75) is 50.4 Å². The fourth-order valence-corrected chi connectivity index (χ4v) is 3.60. The zero-order chi connectivity index (χ0) is 22.1. The molecule has 11 heteroatoms. The van der Waals surface area contributed by atoms with Crippen LogP contribution in [-0.2, 0) is 19.2 Å². The molecule has 3 rings (SSSR count). The van der Waals surface area contributed by atoms with E-state index in [0.29, 0.717) is 18.9 Å². The number of carbonyl (C=O) groups excluding carboxylic acids is 2. The van der Waals surface area contributed by atoms with E-state index >= 15 is 0 Å². The zero-order valence-electron chi connectivity index (χ0n) is 15.9. The van der Waals surface area contributed by atoms with Gasteiger partial charge in [0.15, 0.2) is 0 Å². The highest BCUT2D eigenvalue weighted by atomic mass is 19.4. The Morgan fingerprint density at radius 3 is 2.50 bits per heavy atom. The number of ether oxygens (including phenoxy) is 1. The van der Waals surface area contributed by atoms with Gasteiger partial charge >= 0.3 is 17.7 Å². The van der Waals surface area contributed by atoms with Crippen LogP contribution in [0.2, 0.25) is 0 Å². The number of nitrogens with one attached hydrogen (secondary N) is 1. The first-order valence-electron chi connectivity index (χ1n) is 9.31. The van der Waals surface area contributed by atoms with E-state index in [1.807, 2.05) is 0 Å². The maximum atomic E-state index is 13.8. The fourth-order valence-electron chi connectivity index (χ4n) is 3.60. The largest absolute Gasteiger partial charge is 0.466 e. The lowest BCUT2D eigenvalue weighted by molar-refractivity contribution is -0.259. The minimum atomic E-state index is -5.15. The predicted molar refractivity (Wildman–Crippen MR) is 93.3 cm³/mol. The Labute approximate surface area is 168 Å². The van der Waals surface area contributed by atoms with Crippen LogP contribution in [0.4, 0.5) is 22.0 Å². The molecule has 0 aromatic heterocycles. The third kappa shape index (κ3) is 4.24. The summed E-state index contributed by atoms with van der Waals surface area (Å²) in [6.45, 7) is 1.82. The standard InChI is InChI=1S/C19H19F5N2O4/c1-2-29-16(27)10-3-4-14(7-10)25-17(28)18(19(22,23)24)9-15(26-30-18)11-5-12(20)8-13(21)6-11/h5-6,8,10,14H,2-4,7,9H2,1H3,(H,25,28)/t10-,14+,18-/m1/s1. The Hall–Kier alpha value is -2.72. The van der Waals surface area contributed by atoms with Crippen LogP contribution in [0.5, 0.6) is 0 Å². The summed E-state index contributed by atoms with van der Waals surface area (Å²) in [5.41, 5.74) is -3.99. The molecule has 30 heavy (non-hydrogen) atoms. The van der Waals surface area contributed by atoms with Crippen molar-refractivity contribution >= 4 is 17.6 Å². The minimum absolute atomic E-state index is 0.140. The second kappa shape index (κ2) is 8.19. The van der Waals surface area contributed by atoms with E-state index in [0.717, 1.165) is 12.1 Å². The minimum Gasteiger partial charge on any atom is -0.466 e. The number of amides is 1. The highest BCUT2D eigenvalue weighted by molar-refractivity contribution is 6.05. The molecular formula is C19H19F5N2O4. The number of oxime groups is 1. The summed E-state index contributed by atoms with van der Waals surface area (Å²) >= 11 is 0. The molecule has 3 atom stereocenters. The average Bonchev–Trinajstić information content (AvgIpc) is 3.28. The number of nitrogens with zero attached hydrogens (tertiary/aromatic N) is 1. The number of alkyl halides is 3. The van der Waals surface area contributed by atoms with Crippen molar-refractivity contribution < 1.29 is 41.1 Å². The molecule has 1 aromatic carbocycles. The van der Waals surface area contributed by atoms with Gasteiger partial charge in [0.05, 0.1) is 24.7 Å². The van der Waals surface area contributed by atoms with Gasteiger partial charge in [0.1, 0.15) is 11.6 Å². The number of benzene rings is 1. The Morgan fingerprint density at radius 1 is 1.23 bits per heavy atom. The molecule has 1 saturated carbocycles. The van der Waals surface area contributed by atoms with E-state index in [1.54, 1.807) is 6.92 Å². The van der Waals surface area contributed by atoms with Crippen LogP contribution >= 0.6 is 0 Å². The van der Waals surface area contributed by atoms with E-state index < -0.39 is 59.4 Å². The van der Waals surface area contributed by atoms with Gasteiger partial charge < -0.3 is 14.9 Å². The number of hydrogen-bond donors (Lipinski definition) is 1. The highest BCUT2D eigenvalue weighted by Crippen LogP contribution is 2.42. The third-order valence-corrected chi connectivity index (χ3v) is 5.14. The summed E-state index contributed by atoms with van der Waals surface area (Å²) in [6.07, 6.45) is -5.38. The second-order valence-corrected chi connectivity index (χ2v) is 7.22. The molecule has 0 radical (unpaired) electrons. The summed E-state index contributed by atoms with van der Waals surface area (Å²) in [7, 11) is 0. The molecule has 0 bridgehead atoms. The lowest BCUT2D eigenvalue weighted by atomic mass is 9.92. The second-order valence-electron chi connectivity index (χ2n) is 7.22. The van der Waals surface area contributed by atoms with E-state index in [1.165, 1.54) is 0 Å². The molecular weight excluding hydrogens is 415 g/mol. The maximum absolute atomic E-state index is 13.8. The smallest absolute Gasteiger partial charge is 0.440 e. The van der Waals surface area contributed by atoms with Crippen molar-refractivity contribution in [2.75, 3.05) is 6.61 Å². The first-order valence-corrected chi connectivity index (χ1v) is 9.31. The van der Waals surface area contributed by atoms with Gasteiger partial charge in [-0.1, -0.05) is 5.16 Å². The van der Waals surface area contributed by atoms with E-state index in [2.05, 4.69) is 15.3 Å². The normalized spacial score (nSPS) is 26.1. The topological polar surface area (TPSA) is 77.0 Å². The Kier molecular flexibility index (Phi) is 6.00. The van der Waals surface area contributed by atoms with Gasteiger partial charge in [-0.3, -0.25) is 9.59 Å². The van der Waals surface area contributed by atoms with Gasteiger partial charge in [-0.15, -0.1) is 0 Å². The van der Waals surface area contributed by atoms with Crippen molar-refractivity contribution in [3.05, 3.63) is 35.4 Å². The van der Waals surface area contributed by atoms with Crippen molar-refractivity contribution in [1.82, 2.24) is 5.32 Å². The van der Waals surface area contributed by atoms with E-state index in [-0.39, 0.29) is 18.6 Å². The van der Waals surface area contributed by atoms with Gasteiger partial charge in [0, 0.05) is 17.7 Å². The number of carbonyl (C=O) groups is 2. The van der Waals surface area contributed by atoms with Crippen LogP contribution in [0, 0.1) is 17.6 Å². The molecule has 6 nitrogen and oxygen atoms in total. The van der Waals surface area contributed by atoms with Crippen molar-refractivity contribution in [3.8, 4) is 0 Å². The molecule has 1 N–H and O–H groups in total. The molecule has 1 heterocycles. The molecule has 1 amide bonds. The molecule has 164 valence electrons. The maximum Gasteiger partial charge on any atom is 0.440 e. The molecule has 1 aliphatic heterocycles. The van der Waals surface area contributed by atoms with Crippen molar-refractivity contribution in [1.29, 1.82) is 0 Å². The van der Waals surface area contributed by atoms with Gasteiger partial charge in [-0.2, -0.15) is 13.2 Å².